The minimum absolute atomic E-state index is 0.00330. The van der Waals surface area contributed by atoms with Crippen LogP contribution in [0, 0.1) is 0 Å². The normalized spacial score (nSPS) is 16.8. The Kier molecular flexibility index (Phi) is 6.87. The predicted molar refractivity (Wildman–Crippen MR) is 114 cm³/mol. The first kappa shape index (κ1) is 22.6. The number of nitrogen functional groups attached to an aromatic ring is 1. The fourth-order valence-corrected chi connectivity index (χ4v) is 3.69. The highest BCUT2D eigenvalue weighted by atomic mass is 19.4. The average Bonchev–Trinajstić information content (AvgIpc) is 2.66. The summed E-state index contributed by atoms with van der Waals surface area (Å²) in [5.41, 5.74) is 5.78. The van der Waals surface area contributed by atoms with Crippen molar-refractivity contribution in [2.75, 3.05) is 29.0 Å². The molecule has 0 bridgehead atoms. The van der Waals surface area contributed by atoms with Crippen LogP contribution < -0.4 is 21.3 Å². The molecule has 0 saturated carbocycles. The van der Waals surface area contributed by atoms with Crippen LogP contribution in [0.15, 0.2) is 24.3 Å². The second-order valence-electron chi connectivity index (χ2n) is 7.74. The maximum atomic E-state index is 13.1. The molecule has 1 atom stereocenters. The van der Waals surface area contributed by atoms with Crippen molar-refractivity contribution in [3.63, 3.8) is 0 Å². The Bertz CT molecular complexity index is 934. The van der Waals surface area contributed by atoms with E-state index >= 15 is 0 Å². The molecular formula is C21H27F3N6O. The molecule has 1 aliphatic rings. The first-order valence-corrected chi connectivity index (χ1v) is 10.3. The van der Waals surface area contributed by atoms with Crippen LogP contribution in [0.4, 0.5) is 36.3 Å². The topological polar surface area (TPSA) is 96.2 Å². The summed E-state index contributed by atoms with van der Waals surface area (Å²) in [5.74, 6) is 0.808. The van der Waals surface area contributed by atoms with Crippen LogP contribution in [0.5, 0.6) is 0 Å². The first-order chi connectivity index (χ1) is 14.6. The van der Waals surface area contributed by atoms with Crippen molar-refractivity contribution in [1.82, 2.24) is 15.3 Å². The van der Waals surface area contributed by atoms with E-state index in [1.807, 2.05) is 13.0 Å². The Labute approximate surface area is 179 Å². The molecule has 1 unspecified atom stereocenters. The van der Waals surface area contributed by atoms with Crippen LogP contribution in [0.3, 0.4) is 0 Å². The van der Waals surface area contributed by atoms with Crippen molar-refractivity contribution >= 4 is 29.0 Å². The molecular weight excluding hydrogens is 409 g/mol. The zero-order chi connectivity index (χ0) is 22.6. The van der Waals surface area contributed by atoms with E-state index in [0.29, 0.717) is 18.8 Å². The number of carbonyl (C=O) groups is 1. The van der Waals surface area contributed by atoms with E-state index in [-0.39, 0.29) is 29.3 Å². The summed E-state index contributed by atoms with van der Waals surface area (Å²) in [6, 6.07) is 5.21. The summed E-state index contributed by atoms with van der Waals surface area (Å²) in [4.78, 5) is 22.5. The minimum atomic E-state index is -4.51. The second-order valence-corrected chi connectivity index (χ2v) is 7.74. The summed E-state index contributed by atoms with van der Waals surface area (Å²) < 4.78 is 39.4. The number of amides is 1. The number of anilines is 4. The van der Waals surface area contributed by atoms with Gasteiger partial charge in [-0.3, -0.25) is 4.79 Å². The number of benzene rings is 1. The van der Waals surface area contributed by atoms with Gasteiger partial charge in [-0.25, -0.2) is 4.98 Å². The fraction of sp³-hybridized carbons (Fsp3) is 0.476. The Morgan fingerprint density at radius 3 is 2.71 bits per heavy atom. The first-order valence-electron chi connectivity index (χ1n) is 10.3. The third-order valence-electron chi connectivity index (χ3n) is 4.96. The fourth-order valence-electron chi connectivity index (χ4n) is 3.69. The maximum absolute atomic E-state index is 13.1. The number of aryl methyl sites for hydroxylation is 1. The van der Waals surface area contributed by atoms with Gasteiger partial charge >= 0.3 is 6.18 Å². The number of carbonyl (C=O) groups excluding carboxylic acids is 1. The Balaban J connectivity index is 1.89. The number of alkyl halides is 3. The number of aromatic nitrogens is 2. The van der Waals surface area contributed by atoms with Gasteiger partial charge in [-0.15, -0.1) is 0 Å². The van der Waals surface area contributed by atoms with Crippen molar-refractivity contribution in [3.8, 4) is 0 Å². The number of piperidine rings is 1. The standard InChI is InChI=1S/C21H27F3N6O/c1-3-5-16-11-19(30-7-4-6-17(12-30)26-13(2)31)29-20(27-16)28-18-9-14(21(22,23)24)8-15(25)10-18/h8-11,17H,3-7,12,25H2,1-2H3,(H,26,31)(H,27,28,29). The highest BCUT2D eigenvalue weighted by Gasteiger charge is 2.31. The highest BCUT2D eigenvalue weighted by Crippen LogP contribution is 2.33. The number of rotatable bonds is 6. The molecule has 1 aromatic heterocycles. The van der Waals surface area contributed by atoms with Crippen molar-refractivity contribution in [2.24, 2.45) is 0 Å². The van der Waals surface area contributed by atoms with Gasteiger partial charge in [0.05, 0.1) is 5.56 Å². The third-order valence-corrected chi connectivity index (χ3v) is 4.96. The zero-order valence-corrected chi connectivity index (χ0v) is 17.6. The molecule has 1 fully saturated rings. The molecule has 1 amide bonds. The zero-order valence-electron chi connectivity index (χ0n) is 17.6. The van der Waals surface area contributed by atoms with Crippen molar-refractivity contribution in [1.29, 1.82) is 0 Å². The van der Waals surface area contributed by atoms with Crippen LogP contribution in [0.25, 0.3) is 0 Å². The number of nitrogens with one attached hydrogen (secondary N) is 2. The summed E-state index contributed by atoms with van der Waals surface area (Å²) in [6.45, 7) is 4.90. The summed E-state index contributed by atoms with van der Waals surface area (Å²) in [6.07, 6.45) is -1.16. The van der Waals surface area contributed by atoms with E-state index in [0.717, 1.165) is 43.6 Å². The Hall–Kier alpha value is -3.04. The quantitative estimate of drug-likeness (QED) is 0.595. The van der Waals surface area contributed by atoms with Crippen LogP contribution in [-0.4, -0.2) is 35.0 Å². The summed E-state index contributed by atoms with van der Waals surface area (Å²) in [5, 5.41) is 5.82. The second kappa shape index (κ2) is 9.40. The van der Waals surface area contributed by atoms with Gasteiger partial charge in [0.15, 0.2) is 0 Å². The number of nitrogens with zero attached hydrogens (tertiary/aromatic N) is 3. The largest absolute Gasteiger partial charge is 0.416 e. The molecule has 7 nitrogen and oxygen atoms in total. The molecule has 168 valence electrons. The van der Waals surface area contributed by atoms with Crippen LogP contribution in [0.2, 0.25) is 0 Å². The van der Waals surface area contributed by atoms with Crippen LogP contribution in [0.1, 0.15) is 44.4 Å². The number of hydrogen-bond acceptors (Lipinski definition) is 6. The molecule has 2 heterocycles. The number of nitrogens with two attached hydrogens (primary N) is 1. The molecule has 0 radical (unpaired) electrons. The van der Waals surface area contributed by atoms with E-state index in [4.69, 9.17) is 5.73 Å². The molecule has 1 saturated heterocycles. The van der Waals surface area contributed by atoms with Gasteiger partial charge in [-0.05, 0) is 37.5 Å². The Morgan fingerprint density at radius 2 is 2.03 bits per heavy atom. The molecule has 1 aromatic carbocycles. The van der Waals surface area contributed by atoms with Gasteiger partial charge in [-0.1, -0.05) is 13.3 Å². The third kappa shape index (κ3) is 6.22. The molecule has 2 aromatic rings. The van der Waals surface area contributed by atoms with Crippen molar-refractivity contribution in [3.05, 3.63) is 35.5 Å². The van der Waals surface area contributed by atoms with E-state index < -0.39 is 11.7 Å². The van der Waals surface area contributed by atoms with Crippen molar-refractivity contribution < 1.29 is 18.0 Å². The molecule has 4 N–H and O–H groups in total. The molecule has 10 heteroatoms. The lowest BCUT2D eigenvalue weighted by Crippen LogP contribution is -2.47. The molecule has 0 aliphatic carbocycles. The average molecular weight is 436 g/mol. The number of hydrogen-bond donors (Lipinski definition) is 3. The lowest BCUT2D eigenvalue weighted by molar-refractivity contribution is -0.137. The number of halogens is 3. The lowest BCUT2D eigenvalue weighted by Gasteiger charge is -2.34. The summed E-state index contributed by atoms with van der Waals surface area (Å²) >= 11 is 0. The maximum Gasteiger partial charge on any atom is 0.416 e. The van der Waals surface area contributed by atoms with E-state index in [1.165, 1.54) is 13.0 Å². The van der Waals surface area contributed by atoms with Gasteiger partial charge in [0.25, 0.3) is 0 Å². The van der Waals surface area contributed by atoms with Crippen molar-refractivity contribution in [2.45, 2.75) is 51.7 Å². The van der Waals surface area contributed by atoms with Crippen LogP contribution >= 0.6 is 0 Å². The molecule has 1 aliphatic heterocycles. The van der Waals surface area contributed by atoms with E-state index in [1.54, 1.807) is 0 Å². The van der Waals surface area contributed by atoms with Gasteiger partial charge in [-0.2, -0.15) is 18.2 Å². The highest BCUT2D eigenvalue weighted by molar-refractivity contribution is 5.73. The van der Waals surface area contributed by atoms with Gasteiger partial charge in [0.1, 0.15) is 5.82 Å². The Morgan fingerprint density at radius 1 is 1.26 bits per heavy atom. The van der Waals surface area contributed by atoms with E-state index in [2.05, 4.69) is 25.5 Å². The predicted octanol–water partition coefficient (Wildman–Crippen LogP) is 3.88. The molecule has 0 spiro atoms. The molecule has 31 heavy (non-hydrogen) atoms. The van der Waals surface area contributed by atoms with Gasteiger partial charge in [0.2, 0.25) is 11.9 Å². The van der Waals surface area contributed by atoms with Gasteiger partial charge < -0.3 is 21.3 Å². The smallest absolute Gasteiger partial charge is 0.399 e. The summed E-state index contributed by atoms with van der Waals surface area (Å²) in [7, 11) is 0. The molecule has 3 rings (SSSR count). The SMILES string of the molecule is CCCc1cc(N2CCCC(NC(C)=O)C2)nc(Nc2cc(N)cc(C(F)(F)F)c2)n1. The van der Waals surface area contributed by atoms with E-state index in [9.17, 15) is 18.0 Å². The van der Waals surface area contributed by atoms with Gasteiger partial charge in [0, 0.05) is 49.2 Å². The van der Waals surface area contributed by atoms with Crippen LogP contribution in [-0.2, 0) is 17.4 Å². The monoisotopic (exact) mass is 436 g/mol. The minimum Gasteiger partial charge on any atom is -0.399 e. The lowest BCUT2D eigenvalue weighted by atomic mass is 10.1.